The largest absolute Gasteiger partial charge is 0.481 e. The predicted molar refractivity (Wildman–Crippen MR) is 84.5 cm³/mol. The number of benzene rings is 1. The van der Waals surface area contributed by atoms with Crippen LogP contribution in [0.3, 0.4) is 0 Å². The molecule has 1 aliphatic rings. The van der Waals surface area contributed by atoms with Crippen LogP contribution in [0.5, 0.6) is 0 Å². The number of aryl methyl sites for hydroxylation is 1. The van der Waals surface area contributed by atoms with E-state index in [-0.39, 0.29) is 18.4 Å². The number of carbonyl (C=O) groups excluding carboxylic acids is 1. The third kappa shape index (κ3) is 2.84. The van der Waals surface area contributed by atoms with Gasteiger partial charge in [-0.05, 0) is 25.0 Å². The van der Waals surface area contributed by atoms with Gasteiger partial charge in [0.2, 0.25) is 0 Å². The van der Waals surface area contributed by atoms with Crippen molar-refractivity contribution in [3.8, 4) is 5.69 Å². The quantitative estimate of drug-likeness (QED) is 0.940. The standard InChI is InChI=1S/C17H19N3O3/c1-11-8-19(9-14(11)17(22)23)16(21)15-10-20(18-12(15)2)13-6-4-3-5-7-13/h3-7,10-11,14H,8-9H2,1-2H3,(H,22,23)/t11-,14-/m1/s1. The van der Waals surface area contributed by atoms with E-state index in [1.165, 1.54) is 0 Å². The molecule has 0 radical (unpaired) electrons. The molecule has 2 atom stereocenters. The topological polar surface area (TPSA) is 75.4 Å². The lowest BCUT2D eigenvalue weighted by molar-refractivity contribution is -0.142. The third-order valence-corrected chi connectivity index (χ3v) is 4.37. The Balaban J connectivity index is 1.84. The van der Waals surface area contributed by atoms with Gasteiger partial charge >= 0.3 is 5.97 Å². The van der Waals surface area contributed by atoms with E-state index in [4.69, 9.17) is 0 Å². The van der Waals surface area contributed by atoms with E-state index in [1.807, 2.05) is 37.3 Å². The predicted octanol–water partition coefficient (Wildman–Crippen LogP) is 1.97. The van der Waals surface area contributed by atoms with E-state index in [0.717, 1.165) is 5.69 Å². The number of aliphatic carboxylic acids is 1. The van der Waals surface area contributed by atoms with Crippen LogP contribution in [-0.4, -0.2) is 44.8 Å². The second-order valence-electron chi connectivity index (χ2n) is 6.04. The molecular formula is C17H19N3O3. The summed E-state index contributed by atoms with van der Waals surface area (Å²) in [7, 11) is 0. The summed E-state index contributed by atoms with van der Waals surface area (Å²) in [5.74, 6) is -1.53. The molecule has 3 rings (SSSR count). The average molecular weight is 313 g/mol. The van der Waals surface area contributed by atoms with Gasteiger partial charge < -0.3 is 10.0 Å². The maximum Gasteiger partial charge on any atom is 0.308 e. The Morgan fingerprint density at radius 3 is 2.52 bits per heavy atom. The fourth-order valence-corrected chi connectivity index (χ4v) is 3.01. The van der Waals surface area contributed by atoms with Crippen molar-refractivity contribution in [1.82, 2.24) is 14.7 Å². The summed E-state index contributed by atoms with van der Waals surface area (Å²) in [5, 5.41) is 13.6. The summed E-state index contributed by atoms with van der Waals surface area (Å²) in [5.41, 5.74) is 2.05. The van der Waals surface area contributed by atoms with Crippen LogP contribution in [0.1, 0.15) is 23.0 Å². The Kier molecular flexibility index (Phi) is 3.90. The molecule has 0 unspecified atom stereocenters. The van der Waals surface area contributed by atoms with Crippen LogP contribution in [0.15, 0.2) is 36.5 Å². The van der Waals surface area contributed by atoms with Crippen LogP contribution in [0.2, 0.25) is 0 Å². The van der Waals surface area contributed by atoms with E-state index in [1.54, 1.807) is 22.7 Å². The number of para-hydroxylation sites is 1. The summed E-state index contributed by atoms with van der Waals surface area (Å²) < 4.78 is 1.68. The minimum absolute atomic E-state index is 0.0408. The molecule has 1 N–H and O–H groups in total. The Labute approximate surface area is 134 Å². The number of carboxylic acids is 1. The van der Waals surface area contributed by atoms with Crippen molar-refractivity contribution in [2.24, 2.45) is 11.8 Å². The molecule has 1 amide bonds. The SMILES string of the molecule is Cc1nn(-c2ccccc2)cc1C(=O)N1C[C@@H](C)[C@H](C(=O)O)C1. The van der Waals surface area contributed by atoms with Crippen molar-refractivity contribution in [3.05, 3.63) is 47.8 Å². The number of nitrogens with zero attached hydrogens (tertiary/aromatic N) is 3. The summed E-state index contributed by atoms with van der Waals surface area (Å²) in [6.45, 7) is 4.38. The van der Waals surface area contributed by atoms with Crippen LogP contribution in [-0.2, 0) is 4.79 Å². The number of aromatic nitrogens is 2. The molecule has 2 heterocycles. The first kappa shape index (κ1) is 15.3. The van der Waals surface area contributed by atoms with Crippen molar-refractivity contribution in [1.29, 1.82) is 0 Å². The van der Waals surface area contributed by atoms with E-state index in [0.29, 0.717) is 17.8 Å². The van der Waals surface area contributed by atoms with Gasteiger partial charge in [-0.2, -0.15) is 5.10 Å². The van der Waals surface area contributed by atoms with Gasteiger partial charge in [0.25, 0.3) is 5.91 Å². The Hall–Kier alpha value is -2.63. The fraction of sp³-hybridized carbons (Fsp3) is 0.353. The average Bonchev–Trinajstić information content (AvgIpc) is 3.11. The van der Waals surface area contributed by atoms with Crippen LogP contribution >= 0.6 is 0 Å². The number of likely N-dealkylation sites (tertiary alicyclic amines) is 1. The van der Waals surface area contributed by atoms with Crippen molar-refractivity contribution < 1.29 is 14.7 Å². The molecule has 2 aromatic rings. The van der Waals surface area contributed by atoms with Crippen LogP contribution in [0.4, 0.5) is 0 Å². The number of hydrogen-bond donors (Lipinski definition) is 1. The van der Waals surface area contributed by atoms with Crippen molar-refractivity contribution in [2.75, 3.05) is 13.1 Å². The third-order valence-electron chi connectivity index (χ3n) is 4.37. The highest BCUT2D eigenvalue weighted by Gasteiger charge is 2.37. The van der Waals surface area contributed by atoms with E-state index >= 15 is 0 Å². The molecule has 6 nitrogen and oxygen atoms in total. The molecule has 6 heteroatoms. The minimum Gasteiger partial charge on any atom is -0.481 e. The van der Waals surface area contributed by atoms with Crippen LogP contribution in [0.25, 0.3) is 5.69 Å². The molecule has 1 fully saturated rings. The van der Waals surface area contributed by atoms with Crippen molar-refractivity contribution >= 4 is 11.9 Å². The highest BCUT2D eigenvalue weighted by Crippen LogP contribution is 2.25. The molecule has 1 aromatic carbocycles. The lowest BCUT2D eigenvalue weighted by atomic mass is 9.99. The van der Waals surface area contributed by atoms with Gasteiger partial charge in [0.05, 0.1) is 22.9 Å². The molecule has 0 aliphatic carbocycles. The molecule has 0 spiro atoms. The number of hydrogen-bond acceptors (Lipinski definition) is 3. The summed E-state index contributed by atoms with van der Waals surface area (Å²) in [6.07, 6.45) is 1.71. The van der Waals surface area contributed by atoms with E-state index in [9.17, 15) is 14.7 Å². The van der Waals surface area contributed by atoms with Gasteiger partial charge in [0, 0.05) is 19.3 Å². The normalized spacial score (nSPS) is 20.7. The van der Waals surface area contributed by atoms with Gasteiger partial charge in [-0.15, -0.1) is 0 Å². The maximum absolute atomic E-state index is 12.7. The number of carbonyl (C=O) groups is 2. The zero-order chi connectivity index (χ0) is 16.6. The molecule has 120 valence electrons. The smallest absolute Gasteiger partial charge is 0.308 e. The van der Waals surface area contributed by atoms with Crippen molar-refractivity contribution in [3.63, 3.8) is 0 Å². The van der Waals surface area contributed by atoms with E-state index < -0.39 is 11.9 Å². The number of carboxylic acid groups (broad SMARTS) is 1. The Morgan fingerprint density at radius 2 is 1.91 bits per heavy atom. The zero-order valence-corrected chi connectivity index (χ0v) is 13.1. The van der Waals surface area contributed by atoms with Crippen LogP contribution < -0.4 is 0 Å². The minimum atomic E-state index is -0.843. The highest BCUT2D eigenvalue weighted by molar-refractivity contribution is 5.95. The van der Waals surface area contributed by atoms with Crippen LogP contribution in [0, 0.1) is 18.8 Å². The van der Waals surface area contributed by atoms with E-state index in [2.05, 4.69) is 5.10 Å². The number of rotatable bonds is 3. The monoisotopic (exact) mass is 313 g/mol. The zero-order valence-electron chi connectivity index (χ0n) is 13.1. The van der Waals surface area contributed by atoms with Crippen molar-refractivity contribution in [2.45, 2.75) is 13.8 Å². The van der Waals surface area contributed by atoms with Gasteiger partial charge in [-0.3, -0.25) is 9.59 Å². The highest BCUT2D eigenvalue weighted by atomic mass is 16.4. The molecule has 1 aromatic heterocycles. The molecule has 0 saturated carbocycles. The molecule has 1 aliphatic heterocycles. The van der Waals surface area contributed by atoms with Gasteiger partial charge in [0.15, 0.2) is 0 Å². The summed E-state index contributed by atoms with van der Waals surface area (Å²) in [6, 6.07) is 9.57. The lowest BCUT2D eigenvalue weighted by Gasteiger charge is -2.15. The second kappa shape index (κ2) is 5.87. The first-order valence-corrected chi connectivity index (χ1v) is 7.61. The lowest BCUT2D eigenvalue weighted by Crippen LogP contribution is -2.30. The first-order valence-electron chi connectivity index (χ1n) is 7.61. The molecule has 23 heavy (non-hydrogen) atoms. The number of amides is 1. The van der Waals surface area contributed by atoms with Gasteiger partial charge in [0.1, 0.15) is 0 Å². The molecule has 0 bridgehead atoms. The summed E-state index contributed by atoms with van der Waals surface area (Å²) in [4.78, 5) is 25.5. The maximum atomic E-state index is 12.7. The molecule has 1 saturated heterocycles. The fourth-order valence-electron chi connectivity index (χ4n) is 3.01. The van der Waals surface area contributed by atoms with Gasteiger partial charge in [-0.25, -0.2) is 4.68 Å². The first-order chi connectivity index (χ1) is 11.0. The Bertz CT molecular complexity index is 739. The second-order valence-corrected chi connectivity index (χ2v) is 6.04. The summed E-state index contributed by atoms with van der Waals surface area (Å²) >= 11 is 0. The Morgan fingerprint density at radius 1 is 1.22 bits per heavy atom. The van der Waals surface area contributed by atoms with Gasteiger partial charge in [-0.1, -0.05) is 25.1 Å². The molecular weight excluding hydrogens is 294 g/mol.